The summed E-state index contributed by atoms with van der Waals surface area (Å²) < 4.78 is 60.9. The summed E-state index contributed by atoms with van der Waals surface area (Å²) in [5.74, 6) is -0.0401. The molecule has 23 heteroatoms. The van der Waals surface area contributed by atoms with E-state index in [0.29, 0.717) is 59.3 Å². The van der Waals surface area contributed by atoms with Gasteiger partial charge >= 0.3 is 5.69 Å². The lowest BCUT2D eigenvalue weighted by Gasteiger charge is -2.31. The summed E-state index contributed by atoms with van der Waals surface area (Å²) in [6.45, 7) is 8.67. The Morgan fingerprint density at radius 3 is 1.63 bits per heavy atom. The van der Waals surface area contributed by atoms with Crippen molar-refractivity contribution in [2.24, 2.45) is 0 Å². The number of carbonyl (C=O) groups excluding carboxylic acids is 2. The lowest BCUT2D eigenvalue weighted by atomic mass is 9.96. The number of ether oxygens (including phenoxy) is 4. The van der Waals surface area contributed by atoms with Gasteiger partial charge in [-0.25, -0.2) is 29.1 Å². The fourth-order valence-corrected chi connectivity index (χ4v) is 17.1. The molecule has 83 heavy (non-hydrogen) atoms. The highest BCUT2D eigenvalue weighted by atomic mass is 31.2. The summed E-state index contributed by atoms with van der Waals surface area (Å²) in [6.07, 6.45) is 7.71. The number of aromatic nitrogens is 6. The molecule has 7 aromatic rings. The van der Waals surface area contributed by atoms with Crippen molar-refractivity contribution in [3.63, 3.8) is 0 Å². The van der Waals surface area contributed by atoms with Gasteiger partial charge in [-0.15, -0.1) is 0 Å². The summed E-state index contributed by atoms with van der Waals surface area (Å²) in [4.78, 5) is 56.3. The van der Waals surface area contributed by atoms with Crippen LogP contribution < -0.4 is 16.3 Å². The van der Waals surface area contributed by atoms with E-state index in [1.54, 1.807) is 55.8 Å². The molecule has 8 aliphatic heterocycles. The second kappa shape index (κ2) is 22.6. The van der Waals surface area contributed by atoms with Crippen molar-refractivity contribution in [1.82, 2.24) is 38.4 Å². The van der Waals surface area contributed by atoms with Gasteiger partial charge in [0.2, 0.25) is 0 Å². The number of hydrogen-bond donors (Lipinski definition) is 2. The van der Waals surface area contributed by atoms with Crippen molar-refractivity contribution in [1.29, 1.82) is 0 Å². The molecule has 2 unspecified atom stereocenters. The highest BCUT2D eigenvalue weighted by Crippen LogP contribution is 2.65. The van der Waals surface area contributed by atoms with Crippen LogP contribution in [0.1, 0.15) is 114 Å². The number of nitrogens with one attached hydrogen (secondary N) is 2. The average Bonchev–Trinajstić information content (AvgIpc) is 4.46. The normalized spacial score (nSPS) is 32.2. The number of fused-ring (bicyclic) bond motifs is 7. The predicted octanol–water partition coefficient (Wildman–Crippen LogP) is 9.73. The molecule has 0 saturated carbocycles. The van der Waals surface area contributed by atoms with E-state index >= 15 is 0 Å². The lowest BCUT2D eigenvalue weighted by molar-refractivity contribution is -0.175. The van der Waals surface area contributed by atoms with Gasteiger partial charge < -0.3 is 47.7 Å². The molecule has 8 fully saturated rings. The van der Waals surface area contributed by atoms with E-state index < -0.39 is 58.6 Å². The SMILES string of the molecule is CC[C@@]12COC([C@H](n3cc(C)c(NC(=O)c4ccccc4)nc3=O)O1)[C@H]2O[P@]1O[C@@H](c2ccccc2)[C@H]2CCCN21.CC[C@@]12COC([C@H](n3cnc4c(NC(=O)c5ccccc5)ncnc43)O1)[C@H]2O[P@]1O[C@@H](c2ccccc2)[C@H]2CCCN21. The maximum atomic E-state index is 13.3. The number of amides is 2. The third kappa shape index (κ3) is 9.82. The molecule has 11 heterocycles. The monoisotopic (exact) mass is 1160 g/mol. The molecule has 4 aromatic carbocycles. The molecule has 8 aliphatic rings. The van der Waals surface area contributed by atoms with Gasteiger partial charge in [-0.3, -0.25) is 18.7 Å². The van der Waals surface area contributed by atoms with Gasteiger partial charge in [0.05, 0.1) is 19.5 Å². The van der Waals surface area contributed by atoms with E-state index in [4.69, 9.17) is 37.0 Å². The number of aryl methyl sites for hydroxylation is 1. The molecular weight excluding hydrogens is 1100 g/mol. The summed E-state index contributed by atoms with van der Waals surface area (Å²) in [7, 11) is -2.61. The maximum absolute atomic E-state index is 13.3. The van der Waals surface area contributed by atoms with E-state index in [1.807, 2.05) is 60.0 Å². The number of nitrogens with zero attached hydrogens (tertiary/aromatic N) is 8. The highest BCUT2D eigenvalue weighted by molar-refractivity contribution is 7.45. The minimum atomic E-state index is -1.33. The van der Waals surface area contributed by atoms with E-state index in [0.717, 1.165) is 50.8 Å². The molecule has 2 amide bonds. The second-order valence-corrected chi connectivity index (χ2v) is 25.0. The first kappa shape index (κ1) is 54.6. The van der Waals surface area contributed by atoms with Gasteiger partial charge in [0.25, 0.3) is 28.9 Å². The van der Waals surface area contributed by atoms with Crippen LogP contribution in [0.5, 0.6) is 0 Å². The van der Waals surface area contributed by atoms with Crippen molar-refractivity contribution in [3.8, 4) is 0 Å². The van der Waals surface area contributed by atoms with Crippen LogP contribution in [-0.4, -0.2) is 124 Å². The number of rotatable bonds is 14. The molecule has 21 nitrogen and oxygen atoms in total. The first-order valence-electron chi connectivity index (χ1n) is 28.6. The van der Waals surface area contributed by atoms with E-state index in [9.17, 15) is 14.4 Å². The van der Waals surface area contributed by atoms with Crippen LogP contribution in [0.25, 0.3) is 11.2 Å². The molecule has 430 valence electrons. The van der Waals surface area contributed by atoms with Gasteiger partial charge in [-0.2, -0.15) is 4.98 Å². The Morgan fingerprint density at radius 2 is 1.12 bits per heavy atom. The molecule has 2 N–H and O–H groups in total. The second-order valence-electron chi connectivity index (χ2n) is 22.2. The average molecular weight is 1160 g/mol. The molecule has 15 rings (SSSR count). The van der Waals surface area contributed by atoms with Crippen LogP contribution in [0.3, 0.4) is 0 Å². The van der Waals surface area contributed by atoms with Gasteiger partial charge in [0, 0.05) is 48.1 Å². The number of benzene rings is 4. The van der Waals surface area contributed by atoms with Crippen molar-refractivity contribution in [2.45, 2.75) is 132 Å². The molecule has 4 bridgehead atoms. The summed E-state index contributed by atoms with van der Waals surface area (Å²) in [5, 5.41) is 5.63. The third-order valence-corrected chi connectivity index (χ3v) is 20.9. The Morgan fingerprint density at radius 1 is 0.639 bits per heavy atom. The van der Waals surface area contributed by atoms with E-state index in [2.05, 4.69) is 83.2 Å². The zero-order valence-corrected chi connectivity index (χ0v) is 47.9. The predicted molar refractivity (Wildman–Crippen MR) is 307 cm³/mol. The molecule has 0 radical (unpaired) electrons. The van der Waals surface area contributed by atoms with Crippen molar-refractivity contribution >= 4 is 51.7 Å². The Kier molecular flexibility index (Phi) is 14.9. The minimum absolute atomic E-state index is 0.00659. The molecule has 14 atom stereocenters. The Hall–Kier alpha value is -6.29. The minimum Gasteiger partial charge on any atom is -0.368 e. The molecule has 0 spiro atoms. The van der Waals surface area contributed by atoms with Gasteiger partial charge in [-0.05, 0) is 80.8 Å². The van der Waals surface area contributed by atoms with Crippen LogP contribution in [0.2, 0.25) is 0 Å². The largest absolute Gasteiger partial charge is 0.368 e. The number of imidazole rings is 1. The Labute approximate surface area is 481 Å². The number of carbonyl (C=O) groups is 2. The maximum Gasteiger partial charge on any atom is 0.351 e. The smallest absolute Gasteiger partial charge is 0.351 e. The first-order valence-corrected chi connectivity index (χ1v) is 30.9. The summed E-state index contributed by atoms with van der Waals surface area (Å²) in [5.41, 5.74) is 3.18. The fraction of sp³-hybridized carbons (Fsp3) is 0.417. The molecule has 0 aliphatic carbocycles. The Balaban J connectivity index is 0.000000148. The van der Waals surface area contributed by atoms with Crippen LogP contribution in [0.15, 0.2) is 145 Å². The lowest BCUT2D eigenvalue weighted by Crippen LogP contribution is -2.41. The zero-order chi connectivity index (χ0) is 56.4. The van der Waals surface area contributed by atoms with Gasteiger partial charge in [0.15, 0.2) is 29.4 Å². The van der Waals surface area contributed by atoms with Gasteiger partial charge in [-0.1, -0.05) is 111 Å². The fourth-order valence-electron chi connectivity index (χ4n) is 13.0. The third-order valence-electron chi connectivity index (χ3n) is 17.5. The first-order chi connectivity index (χ1) is 40.6. The number of hydrogen-bond acceptors (Lipinski definition) is 17. The van der Waals surface area contributed by atoms with Crippen molar-refractivity contribution in [2.75, 3.05) is 36.9 Å². The standard InChI is InChI=1S/C30H31N6O5P.C30H33N4O6P/c1-2-30-16-38-24(25(30)41-42-36-15-9-14-21(36)23(40-42)19-10-5-3-6-11-19)29(39-30)35-18-33-22-26(31-17-32-27(22)35)34-28(37)20-12-7-4-8-13-20;1-3-30-18-37-24(25(30)40-41-34-16-10-15-22(34)23(39-41)20-11-6-4-7-12-20)28(38-30)33-17-19(2)26(32-29(33)36)31-27(35)21-13-8-5-9-14-21/h3-8,10-13,17-18,21,23-25,29H,2,9,14-16H2,1H3,(H,31,32,34,37);4-9,11-14,17,22-25,28H,3,10,15-16,18H2,1-2H3,(H,31,32,35,36)/t21-,23+,24?,25-,29-,30+,42+;22-,23+,24?,25-,28-,30+,41+/m11/s1. The van der Waals surface area contributed by atoms with Crippen molar-refractivity contribution < 1.29 is 46.6 Å². The summed E-state index contributed by atoms with van der Waals surface area (Å²) in [6, 6.07) is 39.2. The topological polar surface area (TPSA) is 217 Å². The highest BCUT2D eigenvalue weighted by Gasteiger charge is 2.66. The van der Waals surface area contributed by atoms with Crippen LogP contribution in [0, 0.1) is 6.92 Å². The summed E-state index contributed by atoms with van der Waals surface area (Å²) >= 11 is 0. The van der Waals surface area contributed by atoms with E-state index in [-0.39, 0.29) is 48.1 Å². The number of anilines is 2. The van der Waals surface area contributed by atoms with Crippen molar-refractivity contribution in [3.05, 3.63) is 178 Å². The molecule has 3 aromatic heterocycles. The zero-order valence-electron chi connectivity index (χ0n) is 46.1. The van der Waals surface area contributed by atoms with Crippen LogP contribution in [-0.2, 0) is 37.0 Å². The Bertz CT molecular complexity index is 3560. The van der Waals surface area contributed by atoms with Gasteiger partial charge in [0.1, 0.15) is 60.0 Å². The van der Waals surface area contributed by atoms with Crippen LogP contribution >= 0.6 is 17.1 Å². The van der Waals surface area contributed by atoms with E-state index in [1.165, 1.54) is 16.5 Å². The molecular formula is C60H64N10O11P2. The molecule has 8 saturated heterocycles. The quantitative estimate of drug-likeness (QED) is 0.0969. The van der Waals surface area contributed by atoms with Crippen LogP contribution in [0.4, 0.5) is 11.6 Å².